The summed E-state index contributed by atoms with van der Waals surface area (Å²) in [5.74, 6) is 0.262. The van der Waals surface area contributed by atoms with Gasteiger partial charge in [-0.25, -0.2) is 9.97 Å². The van der Waals surface area contributed by atoms with Crippen molar-refractivity contribution in [1.82, 2.24) is 9.97 Å². The van der Waals surface area contributed by atoms with Crippen molar-refractivity contribution in [3.05, 3.63) is 50.7 Å². The molecule has 0 bridgehead atoms. The van der Waals surface area contributed by atoms with Crippen molar-refractivity contribution in [1.29, 1.82) is 0 Å². The van der Waals surface area contributed by atoms with Crippen LogP contribution in [0.15, 0.2) is 24.3 Å². The Balaban J connectivity index is 2.19. The molecule has 0 saturated carbocycles. The zero-order valence-electron chi connectivity index (χ0n) is 11.4. The number of nitrogens with one attached hydrogen (secondary N) is 1. The average molecular weight is 363 g/mol. The van der Waals surface area contributed by atoms with Gasteiger partial charge in [0, 0.05) is 23.0 Å². The Morgan fingerprint density at radius 3 is 2.45 bits per heavy atom. The van der Waals surface area contributed by atoms with Gasteiger partial charge in [-0.1, -0.05) is 40.9 Å². The molecule has 0 aliphatic heterocycles. The van der Waals surface area contributed by atoms with Crippen LogP contribution in [0.25, 0.3) is 0 Å². The summed E-state index contributed by atoms with van der Waals surface area (Å²) in [6, 6.07) is 6.89. The molecule has 0 radical (unpaired) electrons. The Morgan fingerprint density at radius 1 is 1.14 bits per heavy atom. The highest BCUT2D eigenvalue weighted by molar-refractivity contribution is 6.36. The zero-order chi connectivity index (χ0) is 16.1. The molecular weight excluding hydrogens is 349 g/mol. The smallest absolute Gasteiger partial charge is 0.224 e. The summed E-state index contributed by atoms with van der Waals surface area (Å²) in [6.45, 7) is -0.237. The molecular formula is C14H14Cl3N3O2. The van der Waals surface area contributed by atoms with E-state index in [4.69, 9.17) is 39.9 Å². The van der Waals surface area contributed by atoms with Crippen LogP contribution >= 0.6 is 34.8 Å². The number of nitrogens with zero attached hydrogens (tertiary/aromatic N) is 2. The minimum Gasteiger partial charge on any atom is -0.394 e. The predicted molar refractivity (Wildman–Crippen MR) is 87.9 cm³/mol. The van der Waals surface area contributed by atoms with Crippen LogP contribution in [0.3, 0.4) is 0 Å². The van der Waals surface area contributed by atoms with Crippen molar-refractivity contribution in [2.45, 2.75) is 12.5 Å². The maximum atomic E-state index is 9.33. The van der Waals surface area contributed by atoms with Crippen LogP contribution in [-0.2, 0) is 6.42 Å². The predicted octanol–water partition coefficient (Wildman–Crippen LogP) is 2.79. The van der Waals surface area contributed by atoms with Crippen LogP contribution in [0.4, 0.5) is 5.95 Å². The summed E-state index contributed by atoms with van der Waals surface area (Å²) < 4.78 is 0. The topological polar surface area (TPSA) is 78.3 Å². The lowest BCUT2D eigenvalue weighted by molar-refractivity contribution is 0.105. The first kappa shape index (κ1) is 17.2. The molecule has 2 rings (SSSR count). The van der Waals surface area contributed by atoms with E-state index in [2.05, 4.69) is 15.3 Å². The van der Waals surface area contributed by atoms with Gasteiger partial charge in [0.25, 0.3) is 0 Å². The van der Waals surface area contributed by atoms with E-state index < -0.39 is 6.10 Å². The number of hydrogen-bond acceptors (Lipinski definition) is 5. The van der Waals surface area contributed by atoms with Gasteiger partial charge in [0.15, 0.2) is 0 Å². The second kappa shape index (κ2) is 7.94. The summed E-state index contributed by atoms with van der Waals surface area (Å²) in [5.41, 5.74) is 1.39. The van der Waals surface area contributed by atoms with Crippen molar-refractivity contribution in [2.24, 2.45) is 0 Å². The molecule has 0 amide bonds. The van der Waals surface area contributed by atoms with Gasteiger partial charge in [0.1, 0.15) is 5.15 Å². The molecule has 5 nitrogen and oxygen atoms in total. The van der Waals surface area contributed by atoms with E-state index in [0.717, 1.165) is 5.56 Å². The largest absolute Gasteiger partial charge is 0.394 e. The highest BCUT2D eigenvalue weighted by Crippen LogP contribution is 2.27. The number of aliphatic hydroxyl groups is 2. The van der Waals surface area contributed by atoms with E-state index >= 15 is 0 Å². The van der Waals surface area contributed by atoms with E-state index in [1.165, 1.54) is 0 Å². The van der Waals surface area contributed by atoms with Crippen molar-refractivity contribution >= 4 is 40.8 Å². The average Bonchev–Trinajstić information content (AvgIpc) is 2.48. The van der Waals surface area contributed by atoms with Crippen LogP contribution in [0.5, 0.6) is 0 Å². The molecule has 0 aliphatic rings. The van der Waals surface area contributed by atoms with Crippen molar-refractivity contribution in [3.63, 3.8) is 0 Å². The summed E-state index contributed by atoms with van der Waals surface area (Å²) in [5, 5.41) is 22.3. The lowest BCUT2D eigenvalue weighted by Crippen LogP contribution is -2.24. The fraction of sp³-hybridized carbons (Fsp3) is 0.286. The molecule has 1 aromatic heterocycles. The highest BCUT2D eigenvalue weighted by Gasteiger charge is 2.10. The Kier molecular flexibility index (Phi) is 6.23. The fourth-order valence-corrected chi connectivity index (χ4v) is 2.53. The molecule has 0 spiro atoms. The number of anilines is 1. The number of aromatic nitrogens is 2. The molecule has 2 aromatic rings. The third-order valence-corrected chi connectivity index (χ3v) is 3.78. The second-order valence-electron chi connectivity index (χ2n) is 4.60. The molecule has 8 heteroatoms. The summed E-state index contributed by atoms with van der Waals surface area (Å²) in [6.07, 6.45) is -0.498. The van der Waals surface area contributed by atoms with Gasteiger partial charge in [-0.2, -0.15) is 0 Å². The highest BCUT2D eigenvalue weighted by atomic mass is 35.5. The van der Waals surface area contributed by atoms with E-state index in [1.54, 1.807) is 24.3 Å². The van der Waals surface area contributed by atoms with Crippen LogP contribution in [0.2, 0.25) is 15.2 Å². The van der Waals surface area contributed by atoms with Gasteiger partial charge in [-0.3, -0.25) is 0 Å². The normalized spacial score (nSPS) is 12.2. The molecule has 1 heterocycles. The van der Waals surface area contributed by atoms with Crippen LogP contribution in [0, 0.1) is 0 Å². The first-order valence-electron chi connectivity index (χ1n) is 6.48. The number of halogens is 3. The summed E-state index contributed by atoms with van der Waals surface area (Å²) in [4.78, 5) is 8.31. The third-order valence-electron chi connectivity index (χ3n) is 2.87. The Labute approximate surface area is 142 Å². The molecule has 0 saturated heterocycles. The van der Waals surface area contributed by atoms with Crippen molar-refractivity contribution in [3.8, 4) is 0 Å². The Bertz CT molecular complexity index is 635. The van der Waals surface area contributed by atoms with E-state index in [-0.39, 0.29) is 24.3 Å². The fourth-order valence-electron chi connectivity index (χ4n) is 1.79. The Morgan fingerprint density at radius 2 is 1.82 bits per heavy atom. The second-order valence-corrected chi connectivity index (χ2v) is 5.80. The number of benzene rings is 1. The van der Waals surface area contributed by atoms with E-state index in [1.807, 2.05) is 0 Å². The van der Waals surface area contributed by atoms with Crippen LogP contribution in [0.1, 0.15) is 11.3 Å². The SMILES string of the molecule is OCC(O)CNc1nc(Cl)cc(Cc2c(Cl)cccc2Cl)n1. The molecule has 0 fully saturated rings. The Hall–Kier alpha value is -1.11. The maximum absolute atomic E-state index is 9.33. The number of hydrogen-bond donors (Lipinski definition) is 3. The van der Waals surface area contributed by atoms with E-state index in [0.29, 0.717) is 22.2 Å². The van der Waals surface area contributed by atoms with Gasteiger partial charge in [-0.05, 0) is 23.8 Å². The minimum absolute atomic E-state index is 0.114. The standard InChI is InChI=1S/C14H14Cl3N3O2/c15-11-2-1-3-12(16)10(11)4-8-5-13(17)20-14(19-8)18-6-9(22)7-21/h1-3,5,9,21-22H,4,6-7H2,(H,18,19,20). The van der Waals surface area contributed by atoms with Crippen LogP contribution < -0.4 is 5.32 Å². The first-order valence-corrected chi connectivity index (χ1v) is 7.62. The molecule has 0 aliphatic carbocycles. The maximum Gasteiger partial charge on any atom is 0.224 e. The minimum atomic E-state index is -0.899. The number of aliphatic hydroxyl groups excluding tert-OH is 2. The molecule has 1 aromatic carbocycles. The summed E-state index contributed by atoms with van der Waals surface area (Å²) >= 11 is 18.3. The molecule has 22 heavy (non-hydrogen) atoms. The molecule has 118 valence electrons. The van der Waals surface area contributed by atoms with Gasteiger partial charge < -0.3 is 15.5 Å². The van der Waals surface area contributed by atoms with Gasteiger partial charge in [-0.15, -0.1) is 0 Å². The lowest BCUT2D eigenvalue weighted by atomic mass is 10.1. The van der Waals surface area contributed by atoms with Crippen LogP contribution in [-0.4, -0.2) is 39.4 Å². The monoisotopic (exact) mass is 361 g/mol. The zero-order valence-corrected chi connectivity index (χ0v) is 13.7. The van der Waals surface area contributed by atoms with E-state index in [9.17, 15) is 5.11 Å². The molecule has 1 atom stereocenters. The van der Waals surface area contributed by atoms with Crippen molar-refractivity contribution in [2.75, 3.05) is 18.5 Å². The van der Waals surface area contributed by atoms with Gasteiger partial charge in [0.2, 0.25) is 5.95 Å². The quantitative estimate of drug-likeness (QED) is 0.689. The summed E-state index contributed by atoms with van der Waals surface area (Å²) in [7, 11) is 0. The lowest BCUT2D eigenvalue weighted by Gasteiger charge is -2.11. The first-order chi connectivity index (χ1) is 10.5. The molecule has 3 N–H and O–H groups in total. The van der Waals surface area contributed by atoms with Gasteiger partial charge in [0.05, 0.1) is 18.4 Å². The third kappa shape index (κ3) is 4.69. The molecule has 1 unspecified atom stereocenters. The van der Waals surface area contributed by atoms with Crippen molar-refractivity contribution < 1.29 is 10.2 Å². The van der Waals surface area contributed by atoms with Gasteiger partial charge >= 0.3 is 0 Å². The number of rotatable bonds is 6.